The summed E-state index contributed by atoms with van der Waals surface area (Å²) in [6.07, 6.45) is 1.62. The number of halogens is 1. The number of anilines is 2. The van der Waals surface area contributed by atoms with Crippen molar-refractivity contribution in [2.75, 3.05) is 24.3 Å². The summed E-state index contributed by atoms with van der Waals surface area (Å²) >= 11 is 3.23. The first-order valence-corrected chi connectivity index (χ1v) is 6.43. The lowest BCUT2D eigenvalue weighted by atomic mass is 10.3. The average Bonchev–Trinajstić information content (AvgIpc) is 2.39. The van der Waals surface area contributed by atoms with Gasteiger partial charge in [-0.15, -0.1) is 0 Å². The molecule has 1 amide bonds. The van der Waals surface area contributed by atoms with Gasteiger partial charge in [-0.25, -0.2) is 9.97 Å². The van der Waals surface area contributed by atoms with Gasteiger partial charge in [0.05, 0.1) is 11.9 Å². The molecule has 98 valence electrons. The van der Waals surface area contributed by atoms with Gasteiger partial charge in [-0.3, -0.25) is 4.79 Å². The second-order valence-electron chi connectivity index (χ2n) is 4.10. The van der Waals surface area contributed by atoms with E-state index in [0.29, 0.717) is 16.0 Å². The summed E-state index contributed by atoms with van der Waals surface area (Å²) in [6.45, 7) is 0. The molecule has 0 aliphatic carbocycles. The fourth-order valence-corrected chi connectivity index (χ4v) is 1.80. The molecule has 0 aliphatic rings. The van der Waals surface area contributed by atoms with E-state index in [-0.39, 0.29) is 5.91 Å². The van der Waals surface area contributed by atoms with Crippen molar-refractivity contribution in [3.63, 3.8) is 0 Å². The van der Waals surface area contributed by atoms with Crippen LogP contribution in [0.5, 0.6) is 0 Å². The molecule has 0 atom stereocenters. The van der Waals surface area contributed by atoms with Crippen LogP contribution < -0.4 is 10.2 Å². The molecule has 1 N–H and O–H groups in total. The maximum atomic E-state index is 12.0. The number of pyridine rings is 2. The predicted octanol–water partition coefficient (Wildman–Crippen LogP) is 2.56. The van der Waals surface area contributed by atoms with Gasteiger partial charge < -0.3 is 10.2 Å². The van der Waals surface area contributed by atoms with Crippen molar-refractivity contribution >= 4 is 33.3 Å². The average molecular weight is 321 g/mol. The summed E-state index contributed by atoms with van der Waals surface area (Å²) in [5.74, 6) is 0.569. The Balaban J connectivity index is 2.10. The van der Waals surface area contributed by atoms with Crippen LogP contribution in [0.2, 0.25) is 0 Å². The van der Waals surface area contributed by atoms with E-state index in [9.17, 15) is 4.79 Å². The molecular weight excluding hydrogens is 308 g/mol. The molecule has 0 unspecified atom stereocenters. The van der Waals surface area contributed by atoms with E-state index in [0.717, 1.165) is 5.82 Å². The second-order valence-corrected chi connectivity index (χ2v) is 4.91. The van der Waals surface area contributed by atoms with Gasteiger partial charge in [-0.05, 0) is 40.2 Å². The van der Waals surface area contributed by atoms with Crippen molar-refractivity contribution in [3.8, 4) is 0 Å². The zero-order valence-corrected chi connectivity index (χ0v) is 12.2. The molecule has 6 heteroatoms. The van der Waals surface area contributed by atoms with E-state index < -0.39 is 0 Å². The molecule has 5 nitrogen and oxygen atoms in total. The first kappa shape index (κ1) is 13.5. The topological polar surface area (TPSA) is 58.1 Å². The molecule has 0 saturated carbocycles. The molecule has 19 heavy (non-hydrogen) atoms. The van der Waals surface area contributed by atoms with E-state index in [1.165, 1.54) is 0 Å². The quantitative estimate of drug-likeness (QED) is 0.883. The van der Waals surface area contributed by atoms with Crippen LogP contribution in [0.3, 0.4) is 0 Å². The van der Waals surface area contributed by atoms with Crippen molar-refractivity contribution in [2.45, 2.75) is 0 Å². The van der Waals surface area contributed by atoms with Crippen LogP contribution in [0.1, 0.15) is 10.5 Å². The molecule has 2 rings (SSSR count). The summed E-state index contributed by atoms with van der Waals surface area (Å²) in [6, 6.07) is 8.83. The molecule has 0 saturated heterocycles. The zero-order valence-electron chi connectivity index (χ0n) is 10.6. The highest BCUT2D eigenvalue weighted by molar-refractivity contribution is 9.10. The van der Waals surface area contributed by atoms with Gasteiger partial charge in [0.25, 0.3) is 5.91 Å². The number of carbonyl (C=O) groups excluding carboxylic acids is 1. The van der Waals surface area contributed by atoms with Crippen LogP contribution in [0.4, 0.5) is 11.5 Å². The first-order chi connectivity index (χ1) is 9.06. The van der Waals surface area contributed by atoms with Crippen LogP contribution in [-0.2, 0) is 0 Å². The van der Waals surface area contributed by atoms with Gasteiger partial charge in [0.2, 0.25) is 0 Å². The van der Waals surface area contributed by atoms with Crippen LogP contribution in [0, 0.1) is 0 Å². The van der Waals surface area contributed by atoms with Crippen LogP contribution in [-0.4, -0.2) is 30.0 Å². The van der Waals surface area contributed by atoms with E-state index in [4.69, 9.17) is 0 Å². The van der Waals surface area contributed by atoms with E-state index in [1.54, 1.807) is 30.5 Å². The number of hydrogen-bond acceptors (Lipinski definition) is 4. The highest BCUT2D eigenvalue weighted by Crippen LogP contribution is 2.13. The Morgan fingerprint density at radius 3 is 2.63 bits per heavy atom. The Labute approximate surface area is 119 Å². The minimum atomic E-state index is -0.263. The number of nitrogens with zero attached hydrogens (tertiary/aromatic N) is 3. The van der Waals surface area contributed by atoms with Gasteiger partial charge in [0, 0.05) is 14.1 Å². The van der Waals surface area contributed by atoms with Gasteiger partial charge >= 0.3 is 0 Å². The lowest BCUT2D eigenvalue weighted by Crippen LogP contribution is -2.14. The van der Waals surface area contributed by atoms with Gasteiger partial charge in [0.15, 0.2) is 0 Å². The van der Waals surface area contributed by atoms with E-state index >= 15 is 0 Å². The van der Waals surface area contributed by atoms with Gasteiger partial charge in [-0.2, -0.15) is 0 Å². The Morgan fingerprint density at radius 1 is 1.26 bits per heavy atom. The minimum absolute atomic E-state index is 0.263. The van der Waals surface area contributed by atoms with Crippen molar-refractivity contribution in [1.82, 2.24) is 9.97 Å². The molecule has 0 fully saturated rings. The molecule has 2 aromatic rings. The smallest absolute Gasteiger partial charge is 0.274 e. The molecule has 0 radical (unpaired) electrons. The number of amides is 1. The first-order valence-electron chi connectivity index (χ1n) is 5.63. The summed E-state index contributed by atoms with van der Waals surface area (Å²) in [5.41, 5.74) is 0.989. The molecule has 2 heterocycles. The highest BCUT2D eigenvalue weighted by atomic mass is 79.9. The third-order valence-electron chi connectivity index (χ3n) is 2.41. The number of carbonyl (C=O) groups is 1. The van der Waals surface area contributed by atoms with Gasteiger partial charge in [-0.1, -0.05) is 6.07 Å². The van der Waals surface area contributed by atoms with E-state index in [1.807, 2.05) is 25.1 Å². The van der Waals surface area contributed by atoms with Crippen molar-refractivity contribution in [2.24, 2.45) is 0 Å². The maximum absolute atomic E-state index is 12.0. The lowest BCUT2D eigenvalue weighted by molar-refractivity contribution is 0.102. The summed E-state index contributed by atoms with van der Waals surface area (Å²) in [4.78, 5) is 22.2. The van der Waals surface area contributed by atoms with Crippen molar-refractivity contribution in [3.05, 3.63) is 46.8 Å². The molecule has 2 aromatic heterocycles. The number of rotatable bonds is 3. The summed E-state index contributed by atoms with van der Waals surface area (Å²) in [7, 11) is 3.82. The highest BCUT2D eigenvalue weighted by Gasteiger charge is 2.08. The Hall–Kier alpha value is -1.95. The van der Waals surface area contributed by atoms with Crippen molar-refractivity contribution in [1.29, 1.82) is 0 Å². The minimum Gasteiger partial charge on any atom is -0.363 e. The van der Waals surface area contributed by atoms with Crippen LogP contribution in [0.15, 0.2) is 41.1 Å². The third-order valence-corrected chi connectivity index (χ3v) is 2.85. The Kier molecular flexibility index (Phi) is 4.11. The van der Waals surface area contributed by atoms with Crippen molar-refractivity contribution < 1.29 is 4.79 Å². The number of hydrogen-bond donors (Lipinski definition) is 1. The molecule has 0 bridgehead atoms. The fraction of sp³-hybridized carbons (Fsp3) is 0.154. The van der Waals surface area contributed by atoms with Crippen LogP contribution >= 0.6 is 15.9 Å². The summed E-state index contributed by atoms with van der Waals surface area (Å²) < 4.78 is 0.626. The third kappa shape index (κ3) is 3.51. The predicted molar refractivity (Wildman–Crippen MR) is 78.5 cm³/mol. The normalized spacial score (nSPS) is 10.1. The zero-order chi connectivity index (χ0) is 13.8. The lowest BCUT2D eigenvalue weighted by Gasteiger charge is -2.11. The number of aromatic nitrogens is 2. The molecule has 0 aliphatic heterocycles. The SMILES string of the molecule is CN(C)c1ccc(NC(=O)c2cccc(Br)n2)cn1. The molecule has 0 aromatic carbocycles. The summed E-state index contributed by atoms with van der Waals surface area (Å²) in [5, 5.41) is 2.75. The Bertz CT molecular complexity index is 583. The largest absolute Gasteiger partial charge is 0.363 e. The monoisotopic (exact) mass is 320 g/mol. The maximum Gasteiger partial charge on any atom is 0.274 e. The molecule has 0 spiro atoms. The molecular formula is C13H13BrN4O. The van der Waals surface area contributed by atoms with Crippen LogP contribution in [0.25, 0.3) is 0 Å². The van der Waals surface area contributed by atoms with Gasteiger partial charge in [0.1, 0.15) is 16.1 Å². The number of nitrogens with one attached hydrogen (secondary N) is 1. The standard InChI is InChI=1S/C13H13BrN4O/c1-18(2)12-7-6-9(8-15-12)16-13(19)10-4-3-5-11(14)17-10/h3-8H,1-2H3,(H,16,19). The Morgan fingerprint density at radius 2 is 2.05 bits per heavy atom. The second kappa shape index (κ2) is 5.79. The van der Waals surface area contributed by atoms with E-state index in [2.05, 4.69) is 31.2 Å². The fourth-order valence-electron chi connectivity index (χ4n) is 1.45.